The van der Waals surface area contributed by atoms with E-state index in [0.29, 0.717) is 17.2 Å². The largest absolute Gasteiger partial charge is 0.480 e. The molecular formula is C25H20F3N3O3. The zero-order valence-corrected chi connectivity index (χ0v) is 18.0. The van der Waals surface area contributed by atoms with Crippen molar-refractivity contribution in [2.75, 3.05) is 5.32 Å². The summed E-state index contributed by atoms with van der Waals surface area (Å²) in [6, 6.07) is 20.5. The monoisotopic (exact) mass is 467 g/mol. The summed E-state index contributed by atoms with van der Waals surface area (Å²) in [5.41, 5.74) is 0.420. The molecule has 1 atom stereocenters. The van der Waals surface area contributed by atoms with Gasteiger partial charge in [-0.05, 0) is 48.9 Å². The Bertz CT molecular complexity index is 1270. The fraction of sp³-hybridized carbons (Fsp3) is 0.160. The Labute approximate surface area is 193 Å². The van der Waals surface area contributed by atoms with Crippen LogP contribution in [-0.2, 0) is 11.0 Å². The van der Waals surface area contributed by atoms with Crippen LogP contribution in [-0.4, -0.2) is 22.2 Å². The third kappa shape index (κ3) is 5.25. The Morgan fingerprint density at radius 2 is 1.68 bits per heavy atom. The maximum absolute atomic E-state index is 13.0. The van der Waals surface area contributed by atoms with Crippen molar-refractivity contribution in [1.82, 2.24) is 10.2 Å². The predicted molar refractivity (Wildman–Crippen MR) is 120 cm³/mol. The van der Waals surface area contributed by atoms with Crippen molar-refractivity contribution < 1.29 is 27.1 Å². The molecule has 1 N–H and O–H groups in total. The van der Waals surface area contributed by atoms with E-state index in [1.807, 2.05) is 30.3 Å². The number of para-hydroxylation sites is 1. The summed E-state index contributed by atoms with van der Waals surface area (Å²) < 4.78 is 50.7. The number of nitrogens with one attached hydrogen (secondary N) is 1. The molecule has 4 aromatic rings. The van der Waals surface area contributed by atoms with E-state index in [9.17, 15) is 18.0 Å². The maximum atomic E-state index is 13.0. The lowest BCUT2D eigenvalue weighted by Gasteiger charge is -2.19. The van der Waals surface area contributed by atoms with Gasteiger partial charge in [0, 0.05) is 11.3 Å². The van der Waals surface area contributed by atoms with Crippen LogP contribution >= 0.6 is 0 Å². The third-order valence-corrected chi connectivity index (χ3v) is 4.95. The number of hydrogen-bond acceptors (Lipinski definition) is 5. The lowest BCUT2D eigenvalue weighted by atomic mass is 10.1. The van der Waals surface area contributed by atoms with Gasteiger partial charge in [-0.1, -0.05) is 43.3 Å². The van der Waals surface area contributed by atoms with Crippen LogP contribution in [0.3, 0.4) is 0 Å². The average Bonchev–Trinajstić information content (AvgIpc) is 3.33. The lowest BCUT2D eigenvalue weighted by molar-refractivity contribution is -0.137. The number of aromatic nitrogens is 2. The zero-order valence-electron chi connectivity index (χ0n) is 18.0. The predicted octanol–water partition coefficient (Wildman–Crippen LogP) is 6.22. The van der Waals surface area contributed by atoms with E-state index in [-0.39, 0.29) is 18.0 Å². The topological polar surface area (TPSA) is 77.2 Å². The van der Waals surface area contributed by atoms with E-state index in [1.165, 1.54) is 12.1 Å². The van der Waals surface area contributed by atoms with Gasteiger partial charge in [0.2, 0.25) is 5.89 Å². The second-order valence-electron chi connectivity index (χ2n) is 7.36. The van der Waals surface area contributed by atoms with Crippen molar-refractivity contribution in [3.63, 3.8) is 0 Å². The molecule has 0 radical (unpaired) electrons. The van der Waals surface area contributed by atoms with Crippen molar-refractivity contribution in [3.8, 4) is 28.7 Å². The molecule has 3 aromatic carbocycles. The molecule has 34 heavy (non-hydrogen) atoms. The van der Waals surface area contributed by atoms with E-state index in [1.54, 1.807) is 31.2 Å². The molecular weight excluding hydrogens is 447 g/mol. The van der Waals surface area contributed by atoms with Gasteiger partial charge in [-0.3, -0.25) is 4.79 Å². The van der Waals surface area contributed by atoms with Crippen molar-refractivity contribution >= 4 is 11.6 Å². The molecule has 1 amide bonds. The number of nitrogens with zero attached hydrogens (tertiary/aromatic N) is 2. The number of carbonyl (C=O) groups excluding carboxylic acids is 1. The first-order valence-corrected chi connectivity index (χ1v) is 10.5. The molecule has 0 saturated carbocycles. The Morgan fingerprint density at radius 3 is 2.41 bits per heavy atom. The number of benzene rings is 3. The molecule has 4 rings (SSSR count). The number of rotatable bonds is 7. The van der Waals surface area contributed by atoms with Gasteiger partial charge in [0.05, 0.1) is 11.1 Å². The summed E-state index contributed by atoms with van der Waals surface area (Å²) in [6.45, 7) is 1.74. The van der Waals surface area contributed by atoms with Crippen molar-refractivity contribution in [1.29, 1.82) is 0 Å². The summed E-state index contributed by atoms with van der Waals surface area (Å²) in [5, 5.41) is 10.7. The molecule has 0 bridgehead atoms. The quantitative estimate of drug-likeness (QED) is 0.349. The lowest BCUT2D eigenvalue weighted by Crippen LogP contribution is -2.32. The van der Waals surface area contributed by atoms with Gasteiger partial charge in [-0.25, -0.2) is 0 Å². The van der Waals surface area contributed by atoms with E-state index in [2.05, 4.69) is 15.5 Å². The molecule has 0 aliphatic heterocycles. The minimum absolute atomic E-state index is 0.0274. The zero-order chi connectivity index (χ0) is 24.1. The Hall–Kier alpha value is -4.14. The number of carbonyl (C=O) groups is 1. The van der Waals surface area contributed by atoms with E-state index < -0.39 is 23.8 Å². The van der Waals surface area contributed by atoms with Gasteiger partial charge >= 0.3 is 6.18 Å². The van der Waals surface area contributed by atoms with Crippen molar-refractivity contribution in [3.05, 3.63) is 84.4 Å². The summed E-state index contributed by atoms with van der Waals surface area (Å²) in [7, 11) is 0. The Balaban J connectivity index is 1.53. The fourth-order valence-electron chi connectivity index (χ4n) is 3.25. The summed E-state index contributed by atoms with van der Waals surface area (Å²) in [5.74, 6) is 0.297. The molecule has 0 unspecified atom stereocenters. The van der Waals surface area contributed by atoms with Gasteiger partial charge in [-0.15, -0.1) is 10.2 Å². The summed E-state index contributed by atoms with van der Waals surface area (Å²) >= 11 is 0. The van der Waals surface area contributed by atoms with Gasteiger partial charge < -0.3 is 14.5 Å². The second kappa shape index (κ2) is 9.78. The standard InChI is InChI=1S/C25H20F3N3O3/c1-2-20(22(32)29-18-12-8-11-17(15-18)25(26,27)28)33-21-14-7-6-13-19(21)24-31-30-23(34-24)16-9-4-3-5-10-16/h3-15,20H,2H2,1H3,(H,29,32)/t20-/m1/s1. The molecule has 1 heterocycles. The third-order valence-electron chi connectivity index (χ3n) is 4.95. The van der Waals surface area contributed by atoms with Gasteiger partial charge in [0.25, 0.3) is 11.8 Å². The first-order valence-electron chi connectivity index (χ1n) is 10.5. The van der Waals surface area contributed by atoms with Crippen molar-refractivity contribution in [2.24, 2.45) is 0 Å². The Kier molecular flexibility index (Phi) is 6.62. The first-order chi connectivity index (χ1) is 16.3. The van der Waals surface area contributed by atoms with Crippen LogP contribution in [0, 0.1) is 0 Å². The molecule has 9 heteroatoms. The SMILES string of the molecule is CC[C@@H](Oc1ccccc1-c1nnc(-c2ccccc2)o1)C(=O)Nc1cccc(C(F)(F)F)c1. The van der Waals surface area contributed by atoms with Crippen LogP contribution in [0.1, 0.15) is 18.9 Å². The molecule has 0 aliphatic carbocycles. The number of amides is 1. The minimum atomic E-state index is -4.51. The average molecular weight is 467 g/mol. The van der Waals surface area contributed by atoms with Crippen molar-refractivity contribution in [2.45, 2.75) is 25.6 Å². The highest BCUT2D eigenvalue weighted by molar-refractivity contribution is 5.94. The van der Waals surface area contributed by atoms with Crippen LogP contribution in [0.25, 0.3) is 22.9 Å². The van der Waals surface area contributed by atoms with Crippen LogP contribution in [0.2, 0.25) is 0 Å². The summed E-state index contributed by atoms with van der Waals surface area (Å²) in [4.78, 5) is 12.8. The normalized spacial score (nSPS) is 12.2. The number of hydrogen-bond donors (Lipinski definition) is 1. The maximum Gasteiger partial charge on any atom is 0.416 e. The smallest absolute Gasteiger partial charge is 0.416 e. The fourth-order valence-corrected chi connectivity index (χ4v) is 3.25. The molecule has 1 aromatic heterocycles. The molecule has 0 aliphatic rings. The van der Waals surface area contributed by atoms with Gasteiger partial charge in [0.15, 0.2) is 6.10 Å². The molecule has 174 valence electrons. The van der Waals surface area contributed by atoms with Crippen LogP contribution < -0.4 is 10.1 Å². The number of halogens is 3. The van der Waals surface area contributed by atoms with Crippen LogP contribution in [0.5, 0.6) is 5.75 Å². The minimum Gasteiger partial charge on any atom is -0.480 e. The summed E-state index contributed by atoms with van der Waals surface area (Å²) in [6.07, 6.45) is -5.20. The van der Waals surface area contributed by atoms with E-state index in [0.717, 1.165) is 17.7 Å². The Morgan fingerprint density at radius 1 is 0.971 bits per heavy atom. The van der Waals surface area contributed by atoms with Gasteiger partial charge in [-0.2, -0.15) is 13.2 Å². The highest BCUT2D eigenvalue weighted by Crippen LogP contribution is 2.33. The first kappa shape index (κ1) is 23.0. The number of anilines is 1. The molecule has 0 saturated heterocycles. The number of ether oxygens (including phenoxy) is 1. The number of alkyl halides is 3. The molecule has 6 nitrogen and oxygen atoms in total. The van der Waals surface area contributed by atoms with E-state index >= 15 is 0 Å². The van der Waals surface area contributed by atoms with Crippen LogP contribution in [0.4, 0.5) is 18.9 Å². The highest BCUT2D eigenvalue weighted by Gasteiger charge is 2.31. The van der Waals surface area contributed by atoms with Crippen LogP contribution in [0.15, 0.2) is 83.3 Å². The highest BCUT2D eigenvalue weighted by atomic mass is 19.4. The van der Waals surface area contributed by atoms with E-state index in [4.69, 9.17) is 9.15 Å². The molecule has 0 fully saturated rings. The van der Waals surface area contributed by atoms with Gasteiger partial charge in [0.1, 0.15) is 5.75 Å². The molecule has 0 spiro atoms. The second-order valence-corrected chi connectivity index (χ2v) is 7.36.